The zero-order valence-corrected chi connectivity index (χ0v) is 11.8. The van der Waals surface area contributed by atoms with Crippen molar-refractivity contribution in [2.45, 2.75) is 5.03 Å². The summed E-state index contributed by atoms with van der Waals surface area (Å²) in [4.78, 5) is 20.2. The number of fused-ring (bicyclic) bond motifs is 1. The number of para-hydroxylation sites is 2. The van der Waals surface area contributed by atoms with E-state index >= 15 is 0 Å². The predicted octanol–water partition coefficient (Wildman–Crippen LogP) is 3.22. The fourth-order valence-corrected chi connectivity index (χ4v) is 2.78. The Bertz CT molecular complexity index is 773. The van der Waals surface area contributed by atoms with Crippen LogP contribution in [0.5, 0.6) is 0 Å². The summed E-state index contributed by atoms with van der Waals surface area (Å²) in [5.74, 6) is 0. The number of benzene rings is 2. The summed E-state index contributed by atoms with van der Waals surface area (Å²) in [5.41, 5.74) is 7.02. The molecule has 0 spiro atoms. The second-order valence-electron chi connectivity index (χ2n) is 4.26. The van der Waals surface area contributed by atoms with Gasteiger partial charge >= 0.3 is 6.03 Å². The van der Waals surface area contributed by atoms with Gasteiger partial charge in [-0.25, -0.2) is 19.1 Å². The largest absolute Gasteiger partial charge is 0.350 e. The first-order valence-electron chi connectivity index (χ1n) is 6.28. The van der Waals surface area contributed by atoms with E-state index in [2.05, 4.69) is 9.97 Å². The molecular weight excluding hydrogens is 284 g/mol. The Balaban J connectivity index is 2.01. The number of aromatic nitrogens is 2. The normalized spacial score (nSPS) is 10.5. The van der Waals surface area contributed by atoms with Crippen LogP contribution < -0.4 is 10.0 Å². The van der Waals surface area contributed by atoms with Gasteiger partial charge in [0.1, 0.15) is 11.4 Å². The van der Waals surface area contributed by atoms with Gasteiger partial charge < -0.3 is 5.73 Å². The number of hydrogen-bond donors (Lipinski definition) is 1. The van der Waals surface area contributed by atoms with Crippen LogP contribution in [-0.2, 0) is 0 Å². The van der Waals surface area contributed by atoms with E-state index in [1.165, 1.54) is 22.6 Å². The molecule has 104 valence electrons. The first-order chi connectivity index (χ1) is 10.3. The number of rotatable bonds is 3. The van der Waals surface area contributed by atoms with Crippen molar-refractivity contribution >= 4 is 34.6 Å². The zero-order chi connectivity index (χ0) is 14.7. The molecule has 0 fully saturated rings. The van der Waals surface area contributed by atoms with Gasteiger partial charge in [0.05, 0.1) is 11.2 Å². The minimum Gasteiger partial charge on any atom is -0.350 e. The fraction of sp³-hybridized carbons (Fsp3) is 0. The third-order valence-electron chi connectivity index (χ3n) is 2.87. The van der Waals surface area contributed by atoms with Crippen LogP contribution in [0.2, 0.25) is 0 Å². The van der Waals surface area contributed by atoms with Gasteiger partial charge in [0.2, 0.25) is 0 Å². The molecule has 0 radical (unpaired) electrons. The monoisotopic (exact) mass is 296 g/mol. The van der Waals surface area contributed by atoms with Crippen LogP contribution >= 0.6 is 11.9 Å². The number of nitrogens with zero attached hydrogens (tertiary/aromatic N) is 3. The molecular formula is C15H12N4OS. The molecule has 6 heteroatoms. The van der Waals surface area contributed by atoms with Crippen molar-refractivity contribution in [3.8, 4) is 0 Å². The highest BCUT2D eigenvalue weighted by Gasteiger charge is 2.16. The summed E-state index contributed by atoms with van der Waals surface area (Å²) in [5, 5.41) is 1.57. The van der Waals surface area contributed by atoms with Gasteiger partial charge in [0.25, 0.3) is 0 Å². The van der Waals surface area contributed by atoms with E-state index in [0.717, 1.165) is 10.9 Å². The Morgan fingerprint density at radius 1 is 1.00 bits per heavy atom. The molecule has 2 aromatic carbocycles. The lowest BCUT2D eigenvalue weighted by Gasteiger charge is -2.18. The van der Waals surface area contributed by atoms with Crippen LogP contribution in [0, 0.1) is 0 Å². The lowest BCUT2D eigenvalue weighted by molar-refractivity contribution is 0.257. The second kappa shape index (κ2) is 5.80. The van der Waals surface area contributed by atoms with Crippen LogP contribution in [-0.4, -0.2) is 16.0 Å². The van der Waals surface area contributed by atoms with Gasteiger partial charge in [0.15, 0.2) is 0 Å². The van der Waals surface area contributed by atoms with Crippen molar-refractivity contribution in [3.05, 3.63) is 60.9 Å². The Labute approximate surface area is 125 Å². The molecule has 0 unspecified atom stereocenters. The van der Waals surface area contributed by atoms with Crippen molar-refractivity contribution in [1.82, 2.24) is 9.97 Å². The molecule has 1 aromatic heterocycles. The lowest BCUT2D eigenvalue weighted by atomic mass is 10.2. The Hall–Kier alpha value is -2.60. The lowest BCUT2D eigenvalue weighted by Crippen LogP contribution is -2.29. The Morgan fingerprint density at radius 2 is 1.71 bits per heavy atom. The van der Waals surface area contributed by atoms with Crippen molar-refractivity contribution in [1.29, 1.82) is 0 Å². The smallest absolute Gasteiger partial charge is 0.329 e. The third kappa shape index (κ3) is 2.80. The summed E-state index contributed by atoms with van der Waals surface area (Å²) < 4.78 is 1.41. The summed E-state index contributed by atoms with van der Waals surface area (Å²) in [6.07, 6.45) is 1.48. The van der Waals surface area contributed by atoms with Gasteiger partial charge in [-0.3, -0.25) is 0 Å². The minimum absolute atomic E-state index is 0.547. The van der Waals surface area contributed by atoms with Crippen LogP contribution in [0.4, 0.5) is 10.5 Å². The quantitative estimate of drug-likeness (QED) is 0.595. The molecule has 0 bridgehead atoms. The number of amides is 2. The number of anilines is 1. The van der Waals surface area contributed by atoms with Crippen LogP contribution in [0.1, 0.15) is 0 Å². The third-order valence-corrected chi connectivity index (χ3v) is 3.95. The van der Waals surface area contributed by atoms with E-state index < -0.39 is 6.03 Å². The molecule has 3 aromatic rings. The predicted molar refractivity (Wildman–Crippen MR) is 83.9 cm³/mol. The number of hydrogen-bond acceptors (Lipinski definition) is 4. The number of primary amides is 1. The molecule has 0 aliphatic carbocycles. The maximum atomic E-state index is 11.7. The molecule has 0 aliphatic rings. The van der Waals surface area contributed by atoms with Gasteiger partial charge in [-0.15, -0.1) is 0 Å². The number of carbonyl (C=O) groups excluding carboxylic acids is 1. The number of urea groups is 1. The molecule has 0 saturated carbocycles. The molecule has 1 heterocycles. The summed E-state index contributed by atoms with van der Waals surface area (Å²) >= 11 is 1.19. The number of carbonyl (C=O) groups is 1. The van der Waals surface area contributed by atoms with E-state index in [1.807, 2.05) is 54.6 Å². The molecule has 5 nitrogen and oxygen atoms in total. The molecule has 0 saturated heterocycles. The molecule has 2 amide bonds. The van der Waals surface area contributed by atoms with E-state index in [9.17, 15) is 4.79 Å². The van der Waals surface area contributed by atoms with E-state index in [4.69, 9.17) is 5.73 Å². The van der Waals surface area contributed by atoms with E-state index in [-0.39, 0.29) is 0 Å². The standard InChI is InChI=1S/C15H12N4OS/c16-15(20)19(11-6-2-1-3-7-11)21-14-12-8-4-5-9-13(12)17-10-18-14/h1-10H,(H2,16,20). The van der Waals surface area contributed by atoms with Gasteiger partial charge in [0, 0.05) is 17.3 Å². The summed E-state index contributed by atoms with van der Waals surface area (Å²) in [6.45, 7) is 0. The van der Waals surface area contributed by atoms with Gasteiger partial charge in [-0.05, 0) is 18.2 Å². The van der Waals surface area contributed by atoms with Gasteiger partial charge in [-0.2, -0.15) is 0 Å². The van der Waals surface area contributed by atoms with Crippen LogP contribution in [0.25, 0.3) is 10.9 Å². The first kappa shape index (κ1) is 13.4. The topological polar surface area (TPSA) is 72.1 Å². The minimum atomic E-state index is -0.547. The zero-order valence-electron chi connectivity index (χ0n) is 11.0. The Kier molecular flexibility index (Phi) is 3.70. The van der Waals surface area contributed by atoms with Crippen molar-refractivity contribution in [2.24, 2.45) is 5.73 Å². The fourth-order valence-electron chi connectivity index (χ4n) is 1.93. The van der Waals surface area contributed by atoms with Crippen LogP contribution in [0.15, 0.2) is 66.0 Å². The second-order valence-corrected chi connectivity index (χ2v) is 5.19. The maximum Gasteiger partial charge on any atom is 0.329 e. The molecule has 2 N–H and O–H groups in total. The summed E-state index contributed by atoms with van der Waals surface area (Å²) in [7, 11) is 0. The molecule has 3 rings (SSSR count). The molecule has 21 heavy (non-hydrogen) atoms. The highest BCUT2D eigenvalue weighted by molar-refractivity contribution is 8.01. The van der Waals surface area contributed by atoms with Gasteiger partial charge in [-0.1, -0.05) is 36.4 Å². The average Bonchev–Trinajstić information content (AvgIpc) is 2.53. The van der Waals surface area contributed by atoms with Crippen molar-refractivity contribution in [3.63, 3.8) is 0 Å². The highest BCUT2D eigenvalue weighted by atomic mass is 32.2. The highest BCUT2D eigenvalue weighted by Crippen LogP contribution is 2.31. The maximum absolute atomic E-state index is 11.7. The molecule has 0 atom stereocenters. The SMILES string of the molecule is NC(=O)N(Sc1ncnc2ccccc12)c1ccccc1. The van der Waals surface area contributed by atoms with Crippen molar-refractivity contribution < 1.29 is 4.79 Å². The first-order valence-corrected chi connectivity index (χ1v) is 7.05. The average molecular weight is 296 g/mol. The van der Waals surface area contributed by atoms with E-state index in [0.29, 0.717) is 10.7 Å². The number of nitrogens with two attached hydrogens (primary N) is 1. The van der Waals surface area contributed by atoms with Crippen molar-refractivity contribution in [2.75, 3.05) is 4.31 Å². The van der Waals surface area contributed by atoms with E-state index in [1.54, 1.807) is 0 Å². The van der Waals surface area contributed by atoms with Crippen LogP contribution in [0.3, 0.4) is 0 Å². The molecule has 0 aliphatic heterocycles. The summed E-state index contributed by atoms with van der Waals surface area (Å²) in [6, 6.07) is 16.3. The Morgan fingerprint density at radius 3 is 2.48 bits per heavy atom.